The van der Waals surface area contributed by atoms with Crippen LogP contribution in [0.4, 0.5) is 5.95 Å². The average Bonchev–Trinajstić information content (AvgIpc) is 3.11. The zero-order chi connectivity index (χ0) is 20.9. The molecule has 7 heteroatoms. The van der Waals surface area contributed by atoms with Gasteiger partial charge in [-0.25, -0.2) is 10.4 Å². The minimum absolute atomic E-state index is 0.508. The molecule has 1 aromatic heterocycles. The number of imidazole rings is 1. The van der Waals surface area contributed by atoms with Crippen molar-refractivity contribution in [2.45, 2.75) is 20.1 Å². The minimum atomic E-state index is 0.508. The van der Waals surface area contributed by atoms with Crippen LogP contribution in [0.25, 0.3) is 11.0 Å². The molecule has 4 aromatic rings. The molecule has 3 aromatic carbocycles. The predicted molar refractivity (Wildman–Crippen MR) is 129 cm³/mol. The van der Waals surface area contributed by atoms with Crippen LogP contribution in [0.3, 0.4) is 0 Å². The number of hydrazone groups is 1. The second-order valence-electron chi connectivity index (χ2n) is 6.64. The highest BCUT2D eigenvalue weighted by Crippen LogP contribution is 2.27. The summed E-state index contributed by atoms with van der Waals surface area (Å²) in [4.78, 5) is 4.61. The Morgan fingerprint density at radius 3 is 2.63 bits per heavy atom. The number of nitrogens with one attached hydrogen (secondary N) is 1. The van der Waals surface area contributed by atoms with E-state index < -0.39 is 0 Å². The van der Waals surface area contributed by atoms with Crippen molar-refractivity contribution in [3.05, 3.63) is 86.8 Å². The Morgan fingerprint density at radius 2 is 1.87 bits per heavy atom. The number of anilines is 1. The molecule has 0 amide bonds. The van der Waals surface area contributed by atoms with Crippen molar-refractivity contribution in [2.24, 2.45) is 5.10 Å². The van der Waals surface area contributed by atoms with E-state index in [0.29, 0.717) is 6.61 Å². The molecule has 5 nitrogen and oxygen atoms in total. The molecule has 1 heterocycles. The van der Waals surface area contributed by atoms with Crippen molar-refractivity contribution in [3.63, 3.8) is 0 Å². The minimum Gasteiger partial charge on any atom is -0.488 e. The Bertz CT molecular complexity index is 1190. The van der Waals surface area contributed by atoms with Gasteiger partial charge in [-0.15, -0.1) is 0 Å². The van der Waals surface area contributed by atoms with Crippen molar-refractivity contribution >= 4 is 55.1 Å². The molecular weight excluding hydrogens is 508 g/mol. The molecule has 0 saturated carbocycles. The summed E-state index contributed by atoms with van der Waals surface area (Å²) in [6.45, 7) is 3.41. The summed E-state index contributed by atoms with van der Waals surface area (Å²) in [6.07, 6.45) is 1.77. The monoisotopic (exact) mass is 526 g/mol. The highest BCUT2D eigenvalue weighted by molar-refractivity contribution is 9.10. The largest absolute Gasteiger partial charge is 0.488 e. The molecule has 152 valence electrons. The number of nitrogens with zero attached hydrogens (tertiary/aromatic N) is 3. The van der Waals surface area contributed by atoms with E-state index in [0.717, 1.165) is 49.3 Å². The van der Waals surface area contributed by atoms with Crippen LogP contribution in [0.15, 0.2) is 80.8 Å². The summed E-state index contributed by atoms with van der Waals surface area (Å²) < 4.78 is 9.95. The van der Waals surface area contributed by atoms with Crippen LogP contribution < -0.4 is 10.2 Å². The van der Waals surface area contributed by atoms with Gasteiger partial charge in [-0.2, -0.15) is 5.10 Å². The topological polar surface area (TPSA) is 51.4 Å². The van der Waals surface area contributed by atoms with Gasteiger partial charge in [0.2, 0.25) is 5.95 Å². The fourth-order valence-electron chi connectivity index (χ4n) is 3.10. The third kappa shape index (κ3) is 4.74. The lowest BCUT2D eigenvalue weighted by Gasteiger charge is -2.09. The predicted octanol–water partition coefficient (Wildman–Crippen LogP) is 6.61. The summed E-state index contributed by atoms with van der Waals surface area (Å²) in [5, 5.41) is 4.36. The highest BCUT2D eigenvalue weighted by atomic mass is 79.9. The van der Waals surface area contributed by atoms with Crippen molar-refractivity contribution in [1.82, 2.24) is 9.55 Å². The van der Waals surface area contributed by atoms with Gasteiger partial charge in [0.1, 0.15) is 12.4 Å². The molecule has 0 fully saturated rings. The number of rotatable bonds is 7. The molecule has 0 aliphatic carbocycles. The van der Waals surface area contributed by atoms with Gasteiger partial charge in [0.25, 0.3) is 0 Å². The van der Waals surface area contributed by atoms with Crippen LogP contribution in [0.1, 0.15) is 18.1 Å². The van der Waals surface area contributed by atoms with Gasteiger partial charge in [0.15, 0.2) is 0 Å². The van der Waals surface area contributed by atoms with Crippen molar-refractivity contribution < 1.29 is 4.74 Å². The molecule has 30 heavy (non-hydrogen) atoms. The Morgan fingerprint density at radius 1 is 1.07 bits per heavy atom. The number of hydrogen-bond donors (Lipinski definition) is 1. The van der Waals surface area contributed by atoms with E-state index in [4.69, 9.17) is 4.74 Å². The molecule has 0 aliphatic rings. The molecule has 0 unspecified atom stereocenters. The molecular formula is C23H20Br2N4O. The van der Waals surface area contributed by atoms with E-state index in [2.05, 4.69) is 64.9 Å². The zero-order valence-electron chi connectivity index (χ0n) is 16.3. The van der Waals surface area contributed by atoms with E-state index in [1.807, 2.05) is 60.7 Å². The van der Waals surface area contributed by atoms with Gasteiger partial charge in [0, 0.05) is 11.0 Å². The summed E-state index contributed by atoms with van der Waals surface area (Å²) in [5.41, 5.74) is 7.16. The Balaban J connectivity index is 1.42. The number of aromatic nitrogens is 2. The maximum atomic E-state index is 5.92. The third-order valence-electron chi connectivity index (χ3n) is 4.61. The normalized spacial score (nSPS) is 11.3. The number of benzene rings is 3. The first kappa shape index (κ1) is 20.6. The van der Waals surface area contributed by atoms with Crippen LogP contribution in [-0.4, -0.2) is 15.8 Å². The summed E-state index contributed by atoms with van der Waals surface area (Å²) >= 11 is 7.03. The standard InChI is InChI=1S/C23H20Br2N4O/c1-2-29-21-6-4-3-5-20(21)27-23(29)28-26-14-17-9-12-22(19(25)13-17)30-15-16-7-10-18(24)11-8-16/h3-14H,2,15H2,1H3,(H,27,28)/b26-14-. The summed E-state index contributed by atoms with van der Waals surface area (Å²) in [7, 11) is 0. The number of para-hydroxylation sites is 2. The average molecular weight is 528 g/mol. The summed E-state index contributed by atoms with van der Waals surface area (Å²) in [5.74, 6) is 1.51. The smallest absolute Gasteiger partial charge is 0.224 e. The Kier molecular flexibility index (Phi) is 6.50. The van der Waals surface area contributed by atoms with Crippen LogP contribution in [0.5, 0.6) is 5.75 Å². The van der Waals surface area contributed by atoms with Crippen LogP contribution in [0.2, 0.25) is 0 Å². The van der Waals surface area contributed by atoms with E-state index in [1.165, 1.54) is 0 Å². The van der Waals surface area contributed by atoms with Gasteiger partial charge in [-0.05, 0) is 76.4 Å². The van der Waals surface area contributed by atoms with Gasteiger partial charge in [0.05, 0.1) is 21.7 Å². The number of aryl methyl sites for hydroxylation is 1. The molecule has 0 radical (unpaired) electrons. The lowest BCUT2D eigenvalue weighted by Crippen LogP contribution is -2.02. The number of halogens is 2. The fraction of sp³-hybridized carbons (Fsp3) is 0.130. The van der Waals surface area contributed by atoms with Crippen LogP contribution in [-0.2, 0) is 13.2 Å². The molecule has 0 aliphatic heterocycles. The van der Waals surface area contributed by atoms with Crippen molar-refractivity contribution in [1.29, 1.82) is 0 Å². The molecule has 0 bridgehead atoms. The van der Waals surface area contributed by atoms with E-state index in [-0.39, 0.29) is 0 Å². The highest BCUT2D eigenvalue weighted by Gasteiger charge is 2.08. The number of hydrogen-bond acceptors (Lipinski definition) is 4. The van der Waals surface area contributed by atoms with Gasteiger partial charge in [-0.3, -0.25) is 0 Å². The SMILES string of the molecule is CCn1c(N/N=C\c2ccc(OCc3ccc(Br)cc3)c(Br)c2)nc2ccccc21. The van der Waals surface area contributed by atoms with Gasteiger partial charge >= 0.3 is 0 Å². The molecule has 1 N–H and O–H groups in total. The molecule has 0 saturated heterocycles. The molecule has 0 spiro atoms. The van der Waals surface area contributed by atoms with Crippen LogP contribution >= 0.6 is 31.9 Å². The number of fused-ring (bicyclic) bond motifs is 1. The molecule has 0 atom stereocenters. The maximum absolute atomic E-state index is 5.92. The zero-order valence-corrected chi connectivity index (χ0v) is 19.5. The van der Waals surface area contributed by atoms with Gasteiger partial charge < -0.3 is 9.30 Å². The lowest BCUT2D eigenvalue weighted by atomic mass is 10.2. The Labute approximate surface area is 192 Å². The third-order valence-corrected chi connectivity index (χ3v) is 5.76. The first-order valence-electron chi connectivity index (χ1n) is 9.55. The second kappa shape index (κ2) is 9.45. The van der Waals surface area contributed by atoms with E-state index >= 15 is 0 Å². The van der Waals surface area contributed by atoms with Crippen molar-refractivity contribution in [3.8, 4) is 5.75 Å². The quantitative estimate of drug-likeness (QED) is 0.217. The number of ether oxygens (including phenoxy) is 1. The first-order chi connectivity index (χ1) is 14.6. The maximum Gasteiger partial charge on any atom is 0.224 e. The lowest BCUT2D eigenvalue weighted by molar-refractivity contribution is 0.304. The Hall–Kier alpha value is -2.64. The second-order valence-corrected chi connectivity index (χ2v) is 8.41. The first-order valence-corrected chi connectivity index (χ1v) is 11.1. The van der Waals surface area contributed by atoms with E-state index in [1.54, 1.807) is 6.21 Å². The van der Waals surface area contributed by atoms with Gasteiger partial charge in [-0.1, -0.05) is 40.2 Å². The fourth-order valence-corrected chi connectivity index (χ4v) is 3.88. The van der Waals surface area contributed by atoms with Crippen LogP contribution in [0, 0.1) is 0 Å². The van der Waals surface area contributed by atoms with E-state index in [9.17, 15) is 0 Å². The molecule has 4 rings (SSSR count). The van der Waals surface area contributed by atoms with Crippen molar-refractivity contribution in [2.75, 3.05) is 5.43 Å². The summed E-state index contributed by atoms with van der Waals surface area (Å²) in [6, 6.07) is 22.0.